The van der Waals surface area contributed by atoms with Crippen molar-refractivity contribution < 1.29 is 14.0 Å². The van der Waals surface area contributed by atoms with E-state index in [1.54, 1.807) is 16.7 Å². The Morgan fingerprint density at radius 1 is 1.00 bits per heavy atom. The predicted molar refractivity (Wildman–Crippen MR) is 118 cm³/mol. The fraction of sp³-hybridized carbons (Fsp3) is 0.292. The topological polar surface area (TPSA) is 92.7 Å². The van der Waals surface area contributed by atoms with Gasteiger partial charge in [0.15, 0.2) is 5.69 Å². The second-order valence-corrected chi connectivity index (χ2v) is 7.63. The first-order chi connectivity index (χ1) is 15.1. The number of oxazole rings is 1. The highest BCUT2D eigenvalue weighted by atomic mass is 16.3. The van der Waals surface area contributed by atoms with Crippen molar-refractivity contribution in [3.63, 3.8) is 0 Å². The highest BCUT2D eigenvalue weighted by Gasteiger charge is 2.24. The van der Waals surface area contributed by atoms with Crippen LogP contribution in [0, 0.1) is 0 Å². The van der Waals surface area contributed by atoms with Gasteiger partial charge in [-0.15, -0.1) is 0 Å². The van der Waals surface area contributed by atoms with Crippen LogP contribution in [0.15, 0.2) is 59.2 Å². The molecule has 1 saturated heterocycles. The highest BCUT2D eigenvalue weighted by Crippen LogP contribution is 2.29. The molecule has 31 heavy (non-hydrogen) atoms. The Morgan fingerprint density at radius 2 is 1.74 bits per heavy atom. The number of carbonyl (C=O) groups is 2. The molecule has 1 aromatic heterocycles. The minimum Gasteiger partial charge on any atom is -0.444 e. The highest BCUT2D eigenvalue weighted by molar-refractivity contribution is 5.92. The molecule has 2 aromatic carbocycles. The number of hydrogen-bond donors (Lipinski definition) is 1. The van der Waals surface area contributed by atoms with Gasteiger partial charge < -0.3 is 20.0 Å². The lowest BCUT2D eigenvalue weighted by atomic mass is 9.97. The number of hydrogen-bond acceptors (Lipinski definition) is 5. The Hall–Kier alpha value is -3.45. The maximum absolute atomic E-state index is 12.9. The predicted octanol–water partition coefficient (Wildman–Crippen LogP) is 3.16. The van der Waals surface area contributed by atoms with Gasteiger partial charge in [-0.25, -0.2) is 4.98 Å². The summed E-state index contributed by atoms with van der Waals surface area (Å²) in [6.45, 7) is 4.26. The Balaban J connectivity index is 1.56. The zero-order valence-corrected chi connectivity index (χ0v) is 17.6. The van der Waals surface area contributed by atoms with E-state index in [0.29, 0.717) is 38.6 Å². The first-order valence-corrected chi connectivity index (χ1v) is 10.5. The first kappa shape index (κ1) is 20.8. The Bertz CT molecular complexity index is 1080. The summed E-state index contributed by atoms with van der Waals surface area (Å²) in [5, 5.41) is 0. The molecule has 2 heterocycles. The lowest BCUT2D eigenvalue weighted by Crippen LogP contribution is -2.36. The van der Waals surface area contributed by atoms with Crippen LogP contribution in [0.3, 0.4) is 0 Å². The zero-order valence-electron chi connectivity index (χ0n) is 17.6. The molecule has 1 aliphatic heterocycles. The quantitative estimate of drug-likeness (QED) is 0.703. The number of nitrogens with two attached hydrogens (primary N) is 1. The van der Waals surface area contributed by atoms with Crippen molar-refractivity contribution >= 4 is 11.8 Å². The average Bonchev–Trinajstić information content (AvgIpc) is 3.16. The third kappa shape index (κ3) is 4.51. The van der Waals surface area contributed by atoms with Crippen LogP contribution in [0.1, 0.15) is 29.4 Å². The molecule has 2 N–H and O–H groups in total. The molecule has 3 aromatic rings. The maximum atomic E-state index is 12.9. The lowest BCUT2D eigenvalue weighted by Gasteiger charge is -2.20. The molecule has 0 spiro atoms. The van der Waals surface area contributed by atoms with E-state index in [0.717, 1.165) is 28.7 Å². The largest absolute Gasteiger partial charge is 0.444 e. The van der Waals surface area contributed by atoms with Crippen LogP contribution in [0.2, 0.25) is 0 Å². The van der Waals surface area contributed by atoms with E-state index in [1.165, 1.54) is 6.26 Å². The standard InChI is InChI=1S/C24H26N4O3/c1-17(29)27-10-5-11-28(13-12-27)24(30)22-16-31-23(26-22)19-8-9-20(15-25)21(14-19)18-6-3-2-4-7-18/h2-4,6-9,14,16H,5,10-13,15,25H2,1H3. The molecule has 1 aliphatic rings. The van der Waals surface area contributed by atoms with Crippen molar-refractivity contribution in [3.05, 3.63) is 66.1 Å². The molecule has 7 nitrogen and oxygen atoms in total. The van der Waals surface area contributed by atoms with Crippen molar-refractivity contribution in [2.24, 2.45) is 5.73 Å². The molecule has 0 radical (unpaired) electrons. The summed E-state index contributed by atoms with van der Waals surface area (Å²) in [4.78, 5) is 32.5. The van der Waals surface area contributed by atoms with Gasteiger partial charge in [0, 0.05) is 45.2 Å². The Kier molecular flexibility index (Phi) is 6.13. The van der Waals surface area contributed by atoms with Gasteiger partial charge in [0.25, 0.3) is 5.91 Å². The van der Waals surface area contributed by atoms with Gasteiger partial charge >= 0.3 is 0 Å². The number of carbonyl (C=O) groups excluding carboxylic acids is 2. The second-order valence-electron chi connectivity index (χ2n) is 7.63. The zero-order chi connectivity index (χ0) is 21.8. The summed E-state index contributed by atoms with van der Waals surface area (Å²) in [6.07, 6.45) is 2.15. The summed E-state index contributed by atoms with van der Waals surface area (Å²) in [5.41, 5.74) is 10.1. The Morgan fingerprint density at radius 3 is 2.48 bits per heavy atom. The van der Waals surface area contributed by atoms with Crippen LogP contribution in [0.4, 0.5) is 0 Å². The van der Waals surface area contributed by atoms with E-state index in [2.05, 4.69) is 4.98 Å². The van der Waals surface area contributed by atoms with Crippen LogP contribution < -0.4 is 5.73 Å². The fourth-order valence-corrected chi connectivity index (χ4v) is 3.88. The monoisotopic (exact) mass is 418 g/mol. The molecule has 1 fully saturated rings. The third-order valence-corrected chi connectivity index (χ3v) is 5.61. The number of amides is 2. The molecule has 160 valence electrons. The van der Waals surface area contributed by atoms with Gasteiger partial charge in [0.05, 0.1) is 0 Å². The minimum atomic E-state index is -0.178. The van der Waals surface area contributed by atoms with E-state index in [1.807, 2.05) is 48.5 Å². The molecule has 0 unspecified atom stereocenters. The normalized spacial score (nSPS) is 14.4. The summed E-state index contributed by atoms with van der Waals surface area (Å²) in [7, 11) is 0. The molecule has 4 rings (SSSR count). The van der Waals surface area contributed by atoms with E-state index in [4.69, 9.17) is 10.2 Å². The van der Waals surface area contributed by atoms with Crippen molar-refractivity contribution in [3.8, 4) is 22.6 Å². The van der Waals surface area contributed by atoms with E-state index >= 15 is 0 Å². The molecular formula is C24H26N4O3. The average molecular weight is 418 g/mol. The maximum Gasteiger partial charge on any atom is 0.275 e. The van der Waals surface area contributed by atoms with Gasteiger partial charge in [0.1, 0.15) is 6.26 Å². The van der Waals surface area contributed by atoms with Crippen molar-refractivity contribution in [1.29, 1.82) is 0 Å². The third-order valence-electron chi connectivity index (χ3n) is 5.61. The summed E-state index contributed by atoms with van der Waals surface area (Å²) >= 11 is 0. The smallest absolute Gasteiger partial charge is 0.275 e. The van der Waals surface area contributed by atoms with E-state index in [9.17, 15) is 9.59 Å². The SMILES string of the molecule is CC(=O)N1CCCN(C(=O)c2coc(-c3ccc(CN)c(-c4ccccc4)c3)n2)CC1. The molecule has 2 amide bonds. The minimum absolute atomic E-state index is 0.0353. The number of aromatic nitrogens is 1. The van der Waals surface area contributed by atoms with Gasteiger partial charge in [0.2, 0.25) is 11.8 Å². The van der Waals surface area contributed by atoms with Crippen molar-refractivity contribution in [1.82, 2.24) is 14.8 Å². The second kappa shape index (κ2) is 9.14. The Labute approximate surface area is 181 Å². The molecule has 7 heteroatoms. The van der Waals surface area contributed by atoms with Gasteiger partial charge in [-0.1, -0.05) is 36.4 Å². The van der Waals surface area contributed by atoms with Crippen LogP contribution in [-0.4, -0.2) is 52.8 Å². The summed E-state index contributed by atoms with van der Waals surface area (Å²) < 4.78 is 5.66. The van der Waals surface area contributed by atoms with Crippen LogP contribution in [0.5, 0.6) is 0 Å². The van der Waals surface area contributed by atoms with Gasteiger partial charge in [-0.2, -0.15) is 0 Å². The molecule has 0 bridgehead atoms. The first-order valence-electron chi connectivity index (χ1n) is 10.5. The van der Waals surface area contributed by atoms with E-state index in [-0.39, 0.29) is 17.5 Å². The molecular weight excluding hydrogens is 392 g/mol. The van der Waals surface area contributed by atoms with Crippen LogP contribution in [-0.2, 0) is 11.3 Å². The molecule has 0 aliphatic carbocycles. The fourth-order valence-electron chi connectivity index (χ4n) is 3.88. The van der Waals surface area contributed by atoms with Crippen molar-refractivity contribution in [2.75, 3.05) is 26.2 Å². The van der Waals surface area contributed by atoms with Gasteiger partial charge in [-0.05, 0) is 35.2 Å². The number of benzene rings is 2. The van der Waals surface area contributed by atoms with Crippen LogP contribution in [0.25, 0.3) is 22.6 Å². The van der Waals surface area contributed by atoms with Crippen molar-refractivity contribution in [2.45, 2.75) is 19.9 Å². The molecule has 0 saturated carbocycles. The summed E-state index contributed by atoms with van der Waals surface area (Å²) in [5.74, 6) is 0.250. The number of rotatable bonds is 4. The molecule has 0 atom stereocenters. The van der Waals surface area contributed by atoms with Crippen LogP contribution >= 0.6 is 0 Å². The number of nitrogens with zero attached hydrogens (tertiary/aromatic N) is 3. The lowest BCUT2D eigenvalue weighted by molar-refractivity contribution is -0.128. The van der Waals surface area contributed by atoms with E-state index < -0.39 is 0 Å². The summed E-state index contributed by atoms with van der Waals surface area (Å²) in [6, 6.07) is 15.9. The van der Waals surface area contributed by atoms with Gasteiger partial charge in [-0.3, -0.25) is 9.59 Å².